The molecule has 0 N–H and O–H groups in total. The van der Waals surface area contributed by atoms with Gasteiger partial charge in [-0.3, -0.25) is 0 Å². The van der Waals surface area contributed by atoms with Crippen molar-refractivity contribution in [3.8, 4) is 22.8 Å². The van der Waals surface area contributed by atoms with Crippen LogP contribution in [0.3, 0.4) is 0 Å². The summed E-state index contributed by atoms with van der Waals surface area (Å²) in [6.45, 7) is 0. The molecule has 0 unspecified atom stereocenters. The zero-order chi connectivity index (χ0) is 26.0. The van der Waals surface area contributed by atoms with Crippen LogP contribution in [0, 0.1) is 0 Å². The Morgan fingerprint density at radius 1 is 0.973 bits per heavy atom. The third-order valence-electron chi connectivity index (χ3n) is 5.11. The van der Waals surface area contributed by atoms with Gasteiger partial charge >= 0.3 is 6.36 Å². The van der Waals surface area contributed by atoms with Gasteiger partial charge in [0.2, 0.25) is 0 Å². The van der Waals surface area contributed by atoms with Gasteiger partial charge in [-0.1, -0.05) is 65.3 Å². The van der Waals surface area contributed by atoms with Crippen LogP contribution in [-0.2, 0) is 0 Å². The summed E-state index contributed by atoms with van der Waals surface area (Å²) in [6.07, 6.45) is -1.64. The third-order valence-corrected chi connectivity index (χ3v) is 6.66. The number of anilines is 1. The van der Waals surface area contributed by atoms with E-state index in [4.69, 9.17) is 23.2 Å². The summed E-state index contributed by atoms with van der Waals surface area (Å²) < 4.78 is 42.4. The number of amidine groups is 1. The van der Waals surface area contributed by atoms with E-state index in [9.17, 15) is 13.2 Å². The van der Waals surface area contributed by atoms with Gasteiger partial charge in [0.1, 0.15) is 12.1 Å². The monoisotopic (exact) mass is 562 g/mol. The van der Waals surface area contributed by atoms with E-state index in [-0.39, 0.29) is 5.75 Å². The van der Waals surface area contributed by atoms with Crippen molar-refractivity contribution in [3.05, 3.63) is 88.7 Å². The van der Waals surface area contributed by atoms with Crippen molar-refractivity contribution < 1.29 is 17.9 Å². The molecule has 1 aromatic heterocycles. The molecule has 0 aliphatic carbocycles. The summed E-state index contributed by atoms with van der Waals surface area (Å²) in [4.78, 5) is 6.18. The average Bonchev–Trinajstić information content (AvgIpc) is 3.33. The topological polar surface area (TPSA) is 67.9 Å². The molecule has 0 radical (unpaired) electrons. The Morgan fingerprint density at radius 2 is 1.68 bits per heavy atom. The van der Waals surface area contributed by atoms with Crippen molar-refractivity contribution in [3.63, 3.8) is 0 Å². The number of hydrogen-bond acceptors (Lipinski definition) is 6. The van der Waals surface area contributed by atoms with E-state index in [1.165, 1.54) is 47.0 Å². The normalized spacial score (nSPS) is 14.8. The lowest BCUT2D eigenvalue weighted by Crippen LogP contribution is -2.38. The molecule has 0 atom stereocenters. The maximum atomic E-state index is 12.3. The highest BCUT2D eigenvalue weighted by Gasteiger charge is 2.31. The molecule has 5 rings (SSSR count). The molecular formula is C24H15Cl2F3N6OS. The number of halogens is 5. The molecule has 7 nitrogen and oxygen atoms in total. The first-order valence-electron chi connectivity index (χ1n) is 10.6. The third kappa shape index (κ3) is 5.90. The van der Waals surface area contributed by atoms with Crippen molar-refractivity contribution in [2.75, 3.05) is 10.8 Å². The molecule has 1 saturated heterocycles. The number of rotatable bonds is 6. The molecule has 188 valence electrons. The lowest BCUT2D eigenvalue weighted by Gasteiger charge is -2.33. The van der Waals surface area contributed by atoms with Gasteiger partial charge < -0.3 is 9.64 Å². The van der Waals surface area contributed by atoms with Gasteiger partial charge in [0.25, 0.3) is 0 Å². The van der Waals surface area contributed by atoms with Crippen LogP contribution in [0.15, 0.2) is 83.3 Å². The fourth-order valence-corrected chi connectivity index (χ4v) is 4.66. The number of alkyl halides is 3. The highest BCUT2D eigenvalue weighted by molar-refractivity contribution is 8.16. The largest absolute Gasteiger partial charge is 0.573 e. The second-order valence-electron chi connectivity index (χ2n) is 7.58. The van der Waals surface area contributed by atoms with Gasteiger partial charge in [-0.15, -0.1) is 23.4 Å². The fraction of sp³-hybridized carbons (Fsp3) is 0.0833. The van der Waals surface area contributed by atoms with E-state index in [1.807, 2.05) is 29.2 Å². The quantitative estimate of drug-likeness (QED) is 0.186. The Labute approximate surface area is 223 Å². The lowest BCUT2D eigenvalue weighted by atomic mass is 10.1. The van der Waals surface area contributed by atoms with E-state index in [0.717, 1.165) is 11.1 Å². The van der Waals surface area contributed by atoms with Gasteiger partial charge in [-0.25, -0.2) is 9.67 Å². The summed E-state index contributed by atoms with van der Waals surface area (Å²) in [5, 5.41) is 14.6. The van der Waals surface area contributed by atoms with Crippen molar-refractivity contribution >= 4 is 52.0 Å². The lowest BCUT2D eigenvalue weighted by molar-refractivity contribution is -0.274. The molecule has 1 aliphatic rings. The molecule has 1 fully saturated rings. The molecule has 0 spiro atoms. The number of benzene rings is 3. The smallest absolute Gasteiger partial charge is 0.406 e. The standard InChI is InChI=1S/C24H15Cl2F3N6OS/c25-19-2-1-3-20(26)21(19)34-14-37-23(34)32-31-12-15-4-6-16(7-5-15)22-30-13-35(33-22)17-8-10-18(11-9-17)36-24(27,28)29/h1-13H,14H2. The van der Waals surface area contributed by atoms with Crippen molar-refractivity contribution in [2.24, 2.45) is 10.2 Å². The summed E-state index contributed by atoms with van der Waals surface area (Å²) in [7, 11) is 0. The van der Waals surface area contributed by atoms with Crippen LogP contribution in [-0.4, -0.2) is 38.4 Å². The molecule has 37 heavy (non-hydrogen) atoms. The second-order valence-corrected chi connectivity index (χ2v) is 9.30. The number of thioether (sulfide) groups is 1. The number of nitrogens with zero attached hydrogens (tertiary/aromatic N) is 6. The summed E-state index contributed by atoms with van der Waals surface area (Å²) in [5.74, 6) is 0.824. The Balaban J connectivity index is 1.24. The van der Waals surface area contributed by atoms with Gasteiger partial charge in [0.15, 0.2) is 11.0 Å². The minimum Gasteiger partial charge on any atom is -0.406 e. The summed E-state index contributed by atoms with van der Waals surface area (Å²) >= 11 is 14.1. The Hall–Kier alpha value is -3.54. The maximum absolute atomic E-state index is 12.3. The zero-order valence-corrected chi connectivity index (χ0v) is 20.9. The van der Waals surface area contributed by atoms with Crippen molar-refractivity contribution in [1.82, 2.24) is 14.8 Å². The Bertz CT molecular complexity index is 1450. The highest BCUT2D eigenvalue weighted by atomic mass is 35.5. The number of hydrogen-bond donors (Lipinski definition) is 0. The molecule has 0 amide bonds. The number of ether oxygens (including phenoxy) is 1. The second kappa shape index (κ2) is 10.4. The van der Waals surface area contributed by atoms with Crippen LogP contribution >= 0.6 is 35.0 Å². The van der Waals surface area contributed by atoms with E-state index >= 15 is 0 Å². The predicted molar refractivity (Wildman–Crippen MR) is 140 cm³/mol. The van der Waals surface area contributed by atoms with E-state index in [0.29, 0.717) is 38.3 Å². The van der Waals surface area contributed by atoms with Gasteiger partial charge in [-0.05, 0) is 42.0 Å². The molecule has 4 aromatic rings. The first-order valence-corrected chi connectivity index (χ1v) is 12.3. The Morgan fingerprint density at radius 3 is 2.30 bits per heavy atom. The highest BCUT2D eigenvalue weighted by Crippen LogP contribution is 2.40. The van der Waals surface area contributed by atoms with Crippen LogP contribution in [0.2, 0.25) is 10.0 Å². The van der Waals surface area contributed by atoms with Crippen LogP contribution in [0.5, 0.6) is 5.75 Å². The van der Waals surface area contributed by atoms with Crippen molar-refractivity contribution in [1.29, 1.82) is 0 Å². The molecular weight excluding hydrogens is 548 g/mol. The Kier molecular flexibility index (Phi) is 7.09. The minimum absolute atomic E-state index is 0.310. The maximum Gasteiger partial charge on any atom is 0.573 e. The van der Waals surface area contributed by atoms with Crippen LogP contribution < -0.4 is 9.64 Å². The number of para-hydroxylation sites is 1. The fourth-order valence-electron chi connectivity index (χ4n) is 3.36. The first-order chi connectivity index (χ1) is 17.8. The van der Waals surface area contributed by atoms with Crippen LogP contribution in [0.1, 0.15) is 5.56 Å². The molecule has 3 aromatic carbocycles. The van der Waals surface area contributed by atoms with E-state index in [2.05, 4.69) is 25.0 Å². The molecule has 1 aliphatic heterocycles. The SMILES string of the molecule is FC(F)(F)Oc1ccc(-n2cnc(-c3ccc(C=NN=C4SCN4c4c(Cl)cccc4Cl)cc3)n2)cc1. The average molecular weight is 563 g/mol. The van der Waals surface area contributed by atoms with Crippen LogP contribution in [0.4, 0.5) is 18.9 Å². The molecule has 0 saturated carbocycles. The minimum atomic E-state index is -4.74. The summed E-state index contributed by atoms with van der Waals surface area (Å²) in [6, 6.07) is 18.0. The van der Waals surface area contributed by atoms with Gasteiger partial charge in [0.05, 0.1) is 33.5 Å². The van der Waals surface area contributed by atoms with Crippen LogP contribution in [0.25, 0.3) is 17.1 Å². The van der Waals surface area contributed by atoms with Gasteiger partial charge in [0, 0.05) is 5.56 Å². The van der Waals surface area contributed by atoms with Gasteiger partial charge in [-0.2, -0.15) is 5.10 Å². The molecule has 13 heteroatoms. The van der Waals surface area contributed by atoms with E-state index in [1.54, 1.807) is 24.4 Å². The number of aromatic nitrogens is 3. The first kappa shape index (κ1) is 25.1. The molecule has 2 heterocycles. The molecule has 0 bridgehead atoms. The van der Waals surface area contributed by atoms with Crippen molar-refractivity contribution in [2.45, 2.75) is 6.36 Å². The zero-order valence-electron chi connectivity index (χ0n) is 18.6. The predicted octanol–water partition coefficient (Wildman–Crippen LogP) is 7.04. The van der Waals surface area contributed by atoms with E-state index < -0.39 is 6.36 Å². The summed E-state index contributed by atoms with van der Waals surface area (Å²) in [5.41, 5.74) is 2.82.